The molecule has 2 N–H and O–H groups in total. The fourth-order valence-corrected chi connectivity index (χ4v) is 3.57. The van der Waals surface area contributed by atoms with E-state index in [1.54, 1.807) is 6.92 Å². The Labute approximate surface area is 176 Å². The second kappa shape index (κ2) is 9.31. The van der Waals surface area contributed by atoms with Gasteiger partial charge in [0, 0.05) is 14.6 Å². The van der Waals surface area contributed by atoms with Crippen LogP contribution >= 0.6 is 31.9 Å². The molecular formula is C22H20Br2N2O. The first-order valence-electron chi connectivity index (χ1n) is 8.62. The van der Waals surface area contributed by atoms with Crippen LogP contribution in [0.25, 0.3) is 0 Å². The van der Waals surface area contributed by atoms with Gasteiger partial charge in [0.25, 0.3) is 0 Å². The maximum atomic E-state index is 12.6. The van der Waals surface area contributed by atoms with Gasteiger partial charge in [0.2, 0.25) is 0 Å². The van der Waals surface area contributed by atoms with Gasteiger partial charge in [-0.25, -0.2) is 5.43 Å². The zero-order valence-electron chi connectivity index (χ0n) is 14.8. The predicted molar refractivity (Wildman–Crippen MR) is 118 cm³/mol. The first kappa shape index (κ1) is 19.8. The molecule has 0 aliphatic carbocycles. The van der Waals surface area contributed by atoms with E-state index >= 15 is 0 Å². The van der Waals surface area contributed by atoms with E-state index in [0.29, 0.717) is 0 Å². The summed E-state index contributed by atoms with van der Waals surface area (Å²) >= 11 is 6.91. The number of anilines is 1. The van der Waals surface area contributed by atoms with Gasteiger partial charge in [-0.05, 0) is 54.4 Å². The molecule has 2 unspecified atom stereocenters. The van der Waals surface area contributed by atoms with Gasteiger partial charge in [-0.15, -0.1) is 0 Å². The minimum atomic E-state index is -0.316. The Kier molecular flexibility index (Phi) is 6.83. The number of nitrogens with one attached hydrogen (secondary N) is 2. The third kappa shape index (κ3) is 5.28. The van der Waals surface area contributed by atoms with E-state index < -0.39 is 0 Å². The van der Waals surface area contributed by atoms with E-state index in [1.807, 2.05) is 78.9 Å². The molecule has 0 heterocycles. The molecule has 0 radical (unpaired) electrons. The number of halogens is 2. The second-order valence-corrected chi connectivity index (χ2v) is 8.14. The SMILES string of the molecule is CC(=O)C(c1ccc(Br)cc1)C(NNc1ccc(Br)cc1)c1ccccc1. The monoisotopic (exact) mass is 486 g/mol. The van der Waals surface area contributed by atoms with Crippen molar-refractivity contribution in [1.29, 1.82) is 0 Å². The van der Waals surface area contributed by atoms with Crippen molar-refractivity contribution < 1.29 is 4.79 Å². The molecule has 27 heavy (non-hydrogen) atoms. The Balaban J connectivity index is 1.93. The molecule has 0 spiro atoms. The van der Waals surface area contributed by atoms with Crippen LogP contribution in [0, 0.1) is 0 Å². The second-order valence-electron chi connectivity index (χ2n) is 6.30. The Morgan fingerprint density at radius 1 is 0.778 bits per heavy atom. The van der Waals surface area contributed by atoms with E-state index in [-0.39, 0.29) is 17.7 Å². The Hall–Kier alpha value is -1.95. The molecule has 5 heteroatoms. The number of carbonyl (C=O) groups excluding carboxylic acids is 1. The van der Waals surface area contributed by atoms with Crippen molar-refractivity contribution >= 4 is 43.3 Å². The number of hydrogen-bond acceptors (Lipinski definition) is 3. The molecular weight excluding hydrogens is 468 g/mol. The van der Waals surface area contributed by atoms with Crippen LogP contribution in [0.5, 0.6) is 0 Å². The van der Waals surface area contributed by atoms with Crippen LogP contribution in [-0.4, -0.2) is 5.78 Å². The van der Waals surface area contributed by atoms with Crippen LogP contribution in [0.1, 0.15) is 30.0 Å². The first-order chi connectivity index (χ1) is 13.0. The van der Waals surface area contributed by atoms with Gasteiger partial charge in [0.15, 0.2) is 0 Å². The Morgan fingerprint density at radius 2 is 1.33 bits per heavy atom. The van der Waals surface area contributed by atoms with E-state index in [1.165, 1.54) is 0 Å². The summed E-state index contributed by atoms with van der Waals surface area (Å²) in [6.07, 6.45) is 0. The molecule has 0 bridgehead atoms. The van der Waals surface area contributed by atoms with Gasteiger partial charge >= 0.3 is 0 Å². The average molecular weight is 488 g/mol. The number of benzene rings is 3. The summed E-state index contributed by atoms with van der Waals surface area (Å²) < 4.78 is 2.01. The quantitative estimate of drug-likeness (QED) is 0.387. The average Bonchev–Trinajstić information content (AvgIpc) is 2.68. The van der Waals surface area contributed by atoms with Crippen LogP contribution in [-0.2, 0) is 4.79 Å². The highest BCUT2D eigenvalue weighted by Crippen LogP contribution is 2.32. The van der Waals surface area contributed by atoms with Crippen LogP contribution in [0.3, 0.4) is 0 Å². The van der Waals surface area contributed by atoms with Crippen LogP contribution < -0.4 is 10.9 Å². The molecule has 3 aromatic rings. The molecule has 0 aliphatic rings. The molecule has 0 fully saturated rings. The molecule has 0 saturated heterocycles. The van der Waals surface area contributed by atoms with Gasteiger partial charge < -0.3 is 5.43 Å². The van der Waals surface area contributed by atoms with Gasteiger partial charge in [-0.2, -0.15) is 0 Å². The maximum absolute atomic E-state index is 12.6. The van der Waals surface area contributed by atoms with Gasteiger partial charge in [-0.3, -0.25) is 4.79 Å². The third-order valence-electron chi connectivity index (χ3n) is 4.38. The summed E-state index contributed by atoms with van der Waals surface area (Å²) in [4.78, 5) is 12.6. The topological polar surface area (TPSA) is 41.1 Å². The van der Waals surface area contributed by atoms with Crippen LogP contribution in [0.2, 0.25) is 0 Å². The number of hydrazine groups is 1. The van der Waals surface area contributed by atoms with Crippen molar-refractivity contribution in [1.82, 2.24) is 5.43 Å². The molecule has 0 aliphatic heterocycles. The van der Waals surface area contributed by atoms with Crippen molar-refractivity contribution in [3.8, 4) is 0 Å². The van der Waals surface area contributed by atoms with Crippen LogP contribution in [0.4, 0.5) is 5.69 Å². The van der Waals surface area contributed by atoms with Crippen molar-refractivity contribution in [3.05, 3.63) is 98.9 Å². The number of hydrogen-bond donors (Lipinski definition) is 2. The first-order valence-corrected chi connectivity index (χ1v) is 10.2. The van der Waals surface area contributed by atoms with Crippen molar-refractivity contribution in [2.75, 3.05) is 5.43 Å². The van der Waals surface area contributed by atoms with Gasteiger partial charge in [-0.1, -0.05) is 74.3 Å². The third-order valence-corrected chi connectivity index (χ3v) is 5.43. The Morgan fingerprint density at radius 3 is 1.89 bits per heavy atom. The molecule has 0 aromatic heterocycles. The molecule has 2 atom stereocenters. The number of ketones is 1. The largest absolute Gasteiger partial charge is 0.321 e. The summed E-state index contributed by atoms with van der Waals surface area (Å²) in [5, 5.41) is 0. The summed E-state index contributed by atoms with van der Waals surface area (Å²) in [6.45, 7) is 1.64. The molecule has 0 amide bonds. The minimum Gasteiger partial charge on any atom is -0.321 e. The van der Waals surface area contributed by atoms with Crippen molar-refractivity contribution in [2.45, 2.75) is 18.9 Å². The lowest BCUT2D eigenvalue weighted by molar-refractivity contribution is -0.119. The molecule has 3 aromatic carbocycles. The normalized spacial score (nSPS) is 13.0. The highest BCUT2D eigenvalue weighted by atomic mass is 79.9. The zero-order valence-corrected chi connectivity index (χ0v) is 18.0. The smallest absolute Gasteiger partial charge is 0.139 e. The lowest BCUT2D eigenvalue weighted by Gasteiger charge is -2.28. The molecule has 3 nitrogen and oxygen atoms in total. The summed E-state index contributed by atoms with van der Waals surface area (Å²) in [6, 6.07) is 25.6. The maximum Gasteiger partial charge on any atom is 0.139 e. The lowest BCUT2D eigenvalue weighted by atomic mass is 9.85. The summed E-state index contributed by atoms with van der Waals surface area (Å²) in [5.41, 5.74) is 9.57. The standard InChI is InChI=1S/C22H20Br2N2O/c1-15(27)21(16-7-9-18(23)10-8-16)22(17-5-3-2-4-6-17)26-25-20-13-11-19(24)12-14-20/h2-14,21-22,25-26H,1H3. The Bertz CT molecular complexity index is 880. The van der Waals surface area contributed by atoms with E-state index in [2.05, 4.69) is 42.7 Å². The van der Waals surface area contributed by atoms with E-state index in [0.717, 1.165) is 25.8 Å². The lowest BCUT2D eigenvalue weighted by Crippen LogP contribution is -2.34. The zero-order chi connectivity index (χ0) is 19.2. The molecule has 3 rings (SSSR count). The number of carbonyl (C=O) groups is 1. The van der Waals surface area contributed by atoms with Gasteiger partial charge in [0.05, 0.1) is 12.0 Å². The highest BCUT2D eigenvalue weighted by molar-refractivity contribution is 9.10. The summed E-state index contributed by atoms with van der Waals surface area (Å²) in [5.74, 6) is -0.209. The molecule has 0 saturated carbocycles. The fourth-order valence-electron chi connectivity index (χ4n) is 3.05. The minimum absolute atomic E-state index is 0.108. The fraction of sp³-hybridized carbons (Fsp3) is 0.136. The van der Waals surface area contributed by atoms with E-state index in [9.17, 15) is 4.79 Å². The predicted octanol–water partition coefficient (Wildman–Crippen LogP) is 6.24. The van der Waals surface area contributed by atoms with Crippen molar-refractivity contribution in [3.63, 3.8) is 0 Å². The van der Waals surface area contributed by atoms with E-state index in [4.69, 9.17) is 0 Å². The number of Topliss-reactive ketones (excluding diaryl/α,β-unsaturated/α-hetero) is 1. The number of rotatable bonds is 7. The van der Waals surface area contributed by atoms with Crippen molar-refractivity contribution in [2.24, 2.45) is 0 Å². The molecule has 138 valence electrons. The highest BCUT2D eigenvalue weighted by Gasteiger charge is 2.28. The van der Waals surface area contributed by atoms with Crippen LogP contribution in [0.15, 0.2) is 87.8 Å². The summed E-state index contributed by atoms with van der Waals surface area (Å²) in [7, 11) is 0. The van der Waals surface area contributed by atoms with Gasteiger partial charge in [0.1, 0.15) is 5.78 Å².